The average Bonchev–Trinajstić information content (AvgIpc) is 2.39. The molecule has 0 spiro atoms. The molecule has 1 aromatic heterocycles. The molecule has 0 atom stereocenters. The molecule has 17 heavy (non-hydrogen) atoms. The third kappa shape index (κ3) is 1.80. The molecule has 0 aliphatic carbocycles. The second-order valence-electron chi connectivity index (χ2n) is 3.40. The molecule has 2 aromatic rings. The third-order valence-electron chi connectivity index (χ3n) is 2.42. The van der Waals surface area contributed by atoms with Crippen LogP contribution in [-0.4, -0.2) is 4.98 Å². The SMILES string of the molecule is N#Cc1ncc(-c2ccccc2)c(N)c1C#N. The number of hydrogen-bond acceptors (Lipinski definition) is 4. The van der Waals surface area contributed by atoms with Crippen molar-refractivity contribution in [2.45, 2.75) is 0 Å². The number of nitrogen functional groups attached to an aromatic ring is 1. The molecule has 0 amide bonds. The summed E-state index contributed by atoms with van der Waals surface area (Å²) in [6.45, 7) is 0. The molecular weight excluding hydrogens is 212 g/mol. The van der Waals surface area contributed by atoms with Gasteiger partial charge in [-0.1, -0.05) is 30.3 Å². The molecule has 80 valence electrons. The lowest BCUT2D eigenvalue weighted by atomic mass is 10.0. The highest BCUT2D eigenvalue weighted by molar-refractivity contribution is 5.80. The van der Waals surface area contributed by atoms with E-state index in [9.17, 15) is 0 Å². The monoisotopic (exact) mass is 220 g/mol. The number of anilines is 1. The Labute approximate surface area is 98.6 Å². The molecule has 0 radical (unpaired) electrons. The topological polar surface area (TPSA) is 86.5 Å². The zero-order valence-corrected chi connectivity index (χ0v) is 8.88. The van der Waals surface area contributed by atoms with Gasteiger partial charge in [0.05, 0.1) is 5.69 Å². The van der Waals surface area contributed by atoms with E-state index in [4.69, 9.17) is 16.3 Å². The smallest absolute Gasteiger partial charge is 0.160 e. The van der Waals surface area contributed by atoms with E-state index < -0.39 is 0 Å². The molecule has 0 bridgehead atoms. The van der Waals surface area contributed by atoms with E-state index in [1.807, 2.05) is 42.5 Å². The summed E-state index contributed by atoms with van der Waals surface area (Å²) in [6, 6.07) is 13.2. The molecule has 2 rings (SSSR count). The molecule has 1 aromatic carbocycles. The fourth-order valence-electron chi connectivity index (χ4n) is 1.57. The first kappa shape index (κ1) is 10.7. The summed E-state index contributed by atoms with van der Waals surface area (Å²) in [5.41, 5.74) is 7.92. The normalized spacial score (nSPS) is 9.29. The van der Waals surface area contributed by atoms with Crippen LogP contribution >= 0.6 is 0 Å². The fourth-order valence-corrected chi connectivity index (χ4v) is 1.57. The van der Waals surface area contributed by atoms with Crippen molar-refractivity contribution in [2.75, 3.05) is 5.73 Å². The van der Waals surface area contributed by atoms with Crippen molar-refractivity contribution >= 4 is 5.69 Å². The molecule has 2 N–H and O–H groups in total. The quantitative estimate of drug-likeness (QED) is 0.796. The second kappa shape index (κ2) is 4.34. The van der Waals surface area contributed by atoms with Gasteiger partial charge in [-0.05, 0) is 5.56 Å². The Morgan fingerprint density at radius 3 is 2.35 bits per heavy atom. The summed E-state index contributed by atoms with van der Waals surface area (Å²) in [5, 5.41) is 17.8. The van der Waals surface area contributed by atoms with Gasteiger partial charge in [0.15, 0.2) is 5.69 Å². The van der Waals surface area contributed by atoms with Gasteiger partial charge in [0.1, 0.15) is 17.7 Å². The van der Waals surface area contributed by atoms with Crippen LogP contribution in [0.3, 0.4) is 0 Å². The molecule has 0 aliphatic rings. The highest BCUT2D eigenvalue weighted by atomic mass is 14.7. The lowest BCUT2D eigenvalue weighted by Crippen LogP contribution is -1.99. The van der Waals surface area contributed by atoms with E-state index in [0.717, 1.165) is 5.56 Å². The summed E-state index contributed by atoms with van der Waals surface area (Å²) in [7, 11) is 0. The maximum atomic E-state index is 8.98. The van der Waals surface area contributed by atoms with Crippen LogP contribution in [0, 0.1) is 22.7 Å². The highest BCUT2D eigenvalue weighted by Crippen LogP contribution is 2.28. The summed E-state index contributed by atoms with van der Waals surface area (Å²) < 4.78 is 0. The first-order chi connectivity index (χ1) is 8.27. The van der Waals surface area contributed by atoms with E-state index in [0.29, 0.717) is 11.3 Å². The highest BCUT2D eigenvalue weighted by Gasteiger charge is 2.12. The molecule has 0 unspecified atom stereocenters. The number of aromatic nitrogens is 1. The summed E-state index contributed by atoms with van der Waals surface area (Å²) in [5.74, 6) is 0. The first-order valence-electron chi connectivity index (χ1n) is 4.92. The van der Waals surface area contributed by atoms with Gasteiger partial charge in [0.2, 0.25) is 0 Å². The van der Waals surface area contributed by atoms with Crippen LogP contribution in [0.4, 0.5) is 5.69 Å². The third-order valence-corrected chi connectivity index (χ3v) is 2.42. The van der Waals surface area contributed by atoms with Gasteiger partial charge in [0, 0.05) is 11.8 Å². The maximum Gasteiger partial charge on any atom is 0.160 e. The van der Waals surface area contributed by atoms with Crippen molar-refractivity contribution in [3.05, 3.63) is 47.8 Å². The number of hydrogen-bond donors (Lipinski definition) is 1. The first-order valence-corrected chi connectivity index (χ1v) is 4.92. The van der Waals surface area contributed by atoms with Crippen LogP contribution in [0.2, 0.25) is 0 Å². The standard InChI is InChI=1S/C13H8N4/c14-6-10-12(7-15)17-8-11(13(10)16)9-4-2-1-3-5-9/h1-5,8H,(H2,16,17). The van der Waals surface area contributed by atoms with Crippen LogP contribution in [0.25, 0.3) is 11.1 Å². The lowest BCUT2D eigenvalue weighted by molar-refractivity contribution is 1.24. The molecule has 0 saturated carbocycles. The van der Waals surface area contributed by atoms with E-state index in [1.54, 1.807) is 0 Å². The van der Waals surface area contributed by atoms with Crippen molar-refractivity contribution < 1.29 is 0 Å². The van der Waals surface area contributed by atoms with Crippen LogP contribution in [0.1, 0.15) is 11.3 Å². The largest absolute Gasteiger partial charge is 0.397 e. The second-order valence-corrected chi connectivity index (χ2v) is 3.40. The van der Waals surface area contributed by atoms with Gasteiger partial charge in [-0.3, -0.25) is 0 Å². The van der Waals surface area contributed by atoms with Gasteiger partial charge in [-0.25, -0.2) is 4.98 Å². The Bertz CT molecular complexity index is 633. The fraction of sp³-hybridized carbons (Fsp3) is 0. The maximum absolute atomic E-state index is 8.98. The van der Waals surface area contributed by atoms with Gasteiger partial charge in [0.25, 0.3) is 0 Å². The minimum Gasteiger partial charge on any atom is -0.397 e. The van der Waals surface area contributed by atoms with Crippen LogP contribution in [0.15, 0.2) is 36.5 Å². The minimum atomic E-state index is 0.0599. The number of nitrogens with zero attached hydrogens (tertiary/aromatic N) is 3. The Kier molecular flexibility index (Phi) is 2.72. The number of pyridine rings is 1. The summed E-state index contributed by atoms with van der Waals surface area (Å²) in [4.78, 5) is 3.94. The number of nitriles is 2. The zero-order valence-electron chi connectivity index (χ0n) is 8.88. The van der Waals surface area contributed by atoms with E-state index >= 15 is 0 Å². The summed E-state index contributed by atoms with van der Waals surface area (Å²) >= 11 is 0. The molecular formula is C13H8N4. The van der Waals surface area contributed by atoms with Crippen LogP contribution in [0.5, 0.6) is 0 Å². The number of nitrogens with two attached hydrogens (primary N) is 1. The molecule has 4 nitrogen and oxygen atoms in total. The molecule has 0 fully saturated rings. The Morgan fingerprint density at radius 2 is 1.76 bits per heavy atom. The molecule has 0 saturated heterocycles. The minimum absolute atomic E-state index is 0.0599. The average molecular weight is 220 g/mol. The van der Waals surface area contributed by atoms with Crippen molar-refractivity contribution in [1.82, 2.24) is 4.98 Å². The molecule has 4 heteroatoms. The Balaban J connectivity index is 2.68. The van der Waals surface area contributed by atoms with Gasteiger partial charge < -0.3 is 5.73 Å². The van der Waals surface area contributed by atoms with E-state index in [-0.39, 0.29) is 11.3 Å². The predicted octanol–water partition coefficient (Wildman–Crippen LogP) is 2.07. The van der Waals surface area contributed by atoms with Gasteiger partial charge >= 0.3 is 0 Å². The van der Waals surface area contributed by atoms with E-state index in [1.165, 1.54) is 6.20 Å². The number of benzene rings is 1. The molecule has 0 aliphatic heterocycles. The Hall–Kier alpha value is -2.85. The van der Waals surface area contributed by atoms with Crippen LogP contribution in [-0.2, 0) is 0 Å². The van der Waals surface area contributed by atoms with Crippen LogP contribution < -0.4 is 5.73 Å². The van der Waals surface area contributed by atoms with Crippen molar-refractivity contribution in [3.63, 3.8) is 0 Å². The van der Waals surface area contributed by atoms with E-state index in [2.05, 4.69) is 4.98 Å². The lowest BCUT2D eigenvalue weighted by Gasteiger charge is -2.07. The Morgan fingerprint density at radius 1 is 1.06 bits per heavy atom. The molecule has 1 heterocycles. The summed E-state index contributed by atoms with van der Waals surface area (Å²) in [6.07, 6.45) is 1.52. The van der Waals surface area contributed by atoms with Gasteiger partial charge in [-0.2, -0.15) is 10.5 Å². The van der Waals surface area contributed by atoms with Crippen molar-refractivity contribution in [1.29, 1.82) is 10.5 Å². The van der Waals surface area contributed by atoms with Gasteiger partial charge in [-0.15, -0.1) is 0 Å². The zero-order chi connectivity index (χ0) is 12.3. The van der Waals surface area contributed by atoms with Crippen molar-refractivity contribution in [2.24, 2.45) is 0 Å². The predicted molar refractivity (Wildman–Crippen MR) is 63.5 cm³/mol. The van der Waals surface area contributed by atoms with Crippen molar-refractivity contribution in [3.8, 4) is 23.3 Å². The number of rotatable bonds is 1.